The summed E-state index contributed by atoms with van der Waals surface area (Å²) in [6, 6.07) is 0. The van der Waals surface area contributed by atoms with Crippen LogP contribution in [0.15, 0.2) is 0 Å². The quantitative estimate of drug-likeness (QED) is 0.628. The van der Waals surface area contributed by atoms with E-state index < -0.39 is 0 Å². The largest absolute Gasteiger partial charge is 0.379 e. The van der Waals surface area contributed by atoms with Crippen LogP contribution < -0.4 is 11.1 Å². The Morgan fingerprint density at radius 1 is 1.27 bits per heavy atom. The molecule has 0 radical (unpaired) electrons. The molecule has 2 amide bonds. The highest BCUT2D eigenvalue weighted by Gasteiger charge is 2.44. The van der Waals surface area contributed by atoms with Crippen molar-refractivity contribution in [3.63, 3.8) is 0 Å². The average molecular weight is 411 g/mol. The molecule has 2 aliphatic heterocycles. The monoisotopic (exact) mass is 410 g/mol. The van der Waals surface area contributed by atoms with Crippen molar-refractivity contribution in [2.24, 2.45) is 17.6 Å². The van der Waals surface area contributed by atoms with E-state index in [9.17, 15) is 9.59 Å². The lowest BCUT2D eigenvalue weighted by molar-refractivity contribution is -0.129. The molecule has 2 unspecified atom stereocenters. The van der Waals surface area contributed by atoms with Crippen LogP contribution in [0.1, 0.15) is 26.2 Å². The summed E-state index contributed by atoms with van der Waals surface area (Å²) in [4.78, 5) is 28.9. The molecule has 0 aromatic rings. The van der Waals surface area contributed by atoms with Crippen LogP contribution in [0.4, 0.5) is 0 Å². The molecule has 7 nitrogen and oxygen atoms in total. The highest BCUT2D eigenvalue weighted by atomic mass is 35.5. The van der Waals surface area contributed by atoms with E-state index in [4.69, 9.17) is 10.5 Å². The number of hydrogen-bond donors (Lipinski definition) is 2. The summed E-state index contributed by atoms with van der Waals surface area (Å²) in [6.07, 6.45) is 2.58. The van der Waals surface area contributed by atoms with Crippen molar-refractivity contribution in [3.05, 3.63) is 0 Å². The Bertz CT molecular complexity index is 487. The van der Waals surface area contributed by atoms with Gasteiger partial charge >= 0.3 is 0 Å². The summed E-state index contributed by atoms with van der Waals surface area (Å²) < 4.78 is 5.34. The minimum absolute atomic E-state index is 0. The van der Waals surface area contributed by atoms with E-state index in [2.05, 4.69) is 10.2 Å². The third kappa shape index (κ3) is 5.70. The number of rotatable bonds is 7. The topological polar surface area (TPSA) is 87.9 Å². The first-order chi connectivity index (χ1) is 11.5. The van der Waals surface area contributed by atoms with Gasteiger partial charge in [0.05, 0.1) is 24.7 Å². The number of nitrogens with zero attached hydrogens (tertiary/aromatic N) is 2. The fourth-order valence-corrected chi connectivity index (χ4v) is 3.67. The van der Waals surface area contributed by atoms with Crippen LogP contribution >= 0.6 is 24.8 Å². The van der Waals surface area contributed by atoms with Gasteiger partial charge in [-0.25, -0.2) is 0 Å². The van der Waals surface area contributed by atoms with E-state index in [1.54, 1.807) is 0 Å². The first-order valence-electron chi connectivity index (χ1n) is 9.12. The first-order valence-corrected chi connectivity index (χ1v) is 9.12. The molecule has 9 heteroatoms. The lowest BCUT2D eigenvalue weighted by Crippen LogP contribution is -2.55. The molecule has 2 heterocycles. The van der Waals surface area contributed by atoms with Gasteiger partial charge in [0, 0.05) is 45.7 Å². The molecular formula is C17H32Cl2N4O3. The molecule has 1 aliphatic carbocycles. The number of carbonyl (C=O) groups excluding carboxylic acids is 2. The Kier molecular flexibility index (Phi) is 9.09. The Morgan fingerprint density at radius 3 is 2.50 bits per heavy atom. The maximum atomic E-state index is 12.6. The van der Waals surface area contributed by atoms with Gasteiger partial charge in [0.1, 0.15) is 0 Å². The summed E-state index contributed by atoms with van der Waals surface area (Å²) in [5.41, 5.74) is 5.55. The summed E-state index contributed by atoms with van der Waals surface area (Å²) in [5, 5.41) is 3.12. The van der Waals surface area contributed by atoms with Crippen LogP contribution in [-0.2, 0) is 14.3 Å². The van der Waals surface area contributed by atoms with Crippen molar-refractivity contribution in [1.29, 1.82) is 0 Å². The van der Waals surface area contributed by atoms with Crippen molar-refractivity contribution in [3.8, 4) is 0 Å². The third-order valence-electron chi connectivity index (χ3n) is 5.69. The highest BCUT2D eigenvalue weighted by molar-refractivity contribution is 5.89. The smallest absolute Gasteiger partial charge is 0.225 e. The summed E-state index contributed by atoms with van der Waals surface area (Å²) in [5.74, 6) is 0.314. The molecule has 26 heavy (non-hydrogen) atoms. The lowest BCUT2D eigenvalue weighted by Gasteiger charge is -2.31. The van der Waals surface area contributed by atoms with Gasteiger partial charge in [-0.05, 0) is 25.7 Å². The van der Waals surface area contributed by atoms with Crippen molar-refractivity contribution in [2.45, 2.75) is 31.7 Å². The standard InChI is InChI=1S/C17H30N4O3.2ClH/c1-17(12-18,14-2-3-14)19-16(23)13-10-15(22)21(11-13)5-4-20-6-8-24-9-7-20;;/h13-14H,2-12,18H2,1H3,(H,19,23);2*1H. The summed E-state index contributed by atoms with van der Waals surface area (Å²) in [7, 11) is 0. The van der Waals surface area contributed by atoms with Crippen molar-refractivity contribution in [1.82, 2.24) is 15.1 Å². The molecule has 152 valence electrons. The molecular weight excluding hydrogens is 379 g/mol. The molecule has 2 saturated heterocycles. The fraction of sp³-hybridized carbons (Fsp3) is 0.882. The molecule has 1 saturated carbocycles. The van der Waals surface area contributed by atoms with Gasteiger partial charge in [-0.3, -0.25) is 14.5 Å². The van der Waals surface area contributed by atoms with Crippen LogP contribution in [0.3, 0.4) is 0 Å². The Morgan fingerprint density at radius 2 is 1.92 bits per heavy atom. The van der Waals surface area contributed by atoms with Crippen LogP contribution in [0, 0.1) is 11.8 Å². The van der Waals surface area contributed by atoms with E-state index in [1.165, 1.54) is 0 Å². The summed E-state index contributed by atoms with van der Waals surface area (Å²) in [6.45, 7) is 7.91. The third-order valence-corrected chi connectivity index (χ3v) is 5.69. The second-order valence-electron chi connectivity index (χ2n) is 7.58. The molecule has 0 aromatic heterocycles. The minimum atomic E-state index is -0.318. The number of carbonyl (C=O) groups is 2. The van der Waals surface area contributed by atoms with E-state index in [0.717, 1.165) is 45.7 Å². The Hall–Kier alpha value is -0.600. The van der Waals surface area contributed by atoms with Crippen LogP contribution in [0.25, 0.3) is 0 Å². The number of ether oxygens (including phenoxy) is 1. The summed E-state index contributed by atoms with van der Waals surface area (Å²) >= 11 is 0. The zero-order valence-corrected chi connectivity index (χ0v) is 17.1. The maximum absolute atomic E-state index is 12.6. The number of halogens is 2. The zero-order chi connectivity index (χ0) is 17.2. The molecule has 3 aliphatic rings. The number of nitrogens with two attached hydrogens (primary N) is 1. The number of nitrogens with one attached hydrogen (secondary N) is 1. The average Bonchev–Trinajstić information content (AvgIpc) is 3.38. The van der Waals surface area contributed by atoms with Crippen LogP contribution in [0.2, 0.25) is 0 Å². The predicted molar refractivity (Wildman–Crippen MR) is 105 cm³/mol. The number of hydrogen-bond acceptors (Lipinski definition) is 5. The van der Waals surface area contributed by atoms with Gasteiger partial charge in [-0.2, -0.15) is 0 Å². The molecule has 3 fully saturated rings. The number of morpholine rings is 1. The minimum Gasteiger partial charge on any atom is -0.379 e. The molecule has 3 N–H and O–H groups in total. The lowest BCUT2D eigenvalue weighted by atomic mass is 9.94. The van der Waals surface area contributed by atoms with Gasteiger partial charge in [-0.15, -0.1) is 24.8 Å². The van der Waals surface area contributed by atoms with E-state index >= 15 is 0 Å². The zero-order valence-electron chi connectivity index (χ0n) is 15.4. The fourth-order valence-electron chi connectivity index (χ4n) is 3.67. The Balaban J connectivity index is 0.00000169. The number of amides is 2. The molecule has 3 rings (SSSR count). The van der Waals surface area contributed by atoms with Crippen molar-refractivity contribution in [2.75, 3.05) is 52.5 Å². The van der Waals surface area contributed by atoms with Crippen molar-refractivity contribution >= 4 is 36.6 Å². The SMILES string of the molecule is CC(CN)(NC(=O)C1CC(=O)N(CCN2CCOCC2)C1)C1CC1.Cl.Cl. The van der Waals surface area contributed by atoms with Gasteiger partial charge < -0.3 is 20.7 Å². The van der Waals surface area contributed by atoms with E-state index in [0.29, 0.717) is 32.0 Å². The van der Waals surface area contributed by atoms with Crippen LogP contribution in [-0.4, -0.2) is 79.6 Å². The molecule has 2 atom stereocenters. The molecule has 0 spiro atoms. The van der Waals surface area contributed by atoms with Gasteiger partial charge in [0.2, 0.25) is 11.8 Å². The second kappa shape index (κ2) is 10.1. The van der Waals surface area contributed by atoms with Gasteiger partial charge in [-0.1, -0.05) is 0 Å². The van der Waals surface area contributed by atoms with E-state index in [1.807, 2.05) is 11.8 Å². The van der Waals surface area contributed by atoms with Gasteiger partial charge in [0.25, 0.3) is 0 Å². The normalized spacial score (nSPS) is 25.8. The highest BCUT2D eigenvalue weighted by Crippen LogP contribution is 2.39. The van der Waals surface area contributed by atoms with Crippen molar-refractivity contribution < 1.29 is 14.3 Å². The molecule has 0 bridgehead atoms. The predicted octanol–water partition coefficient (Wildman–Crippen LogP) is 0.254. The Labute approximate surface area is 168 Å². The number of likely N-dealkylation sites (tertiary alicyclic amines) is 1. The maximum Gasteiger partial charge on any atom is 0.225 e. The molecule has 0 aromatic carbocycles. The van der Waals surface area contributed by atoms with Crippen LogP contribution in [0.5, 0.6) is 0 Å². The van der Waals surface area contributed by atoms with Gasteiger partial charge in [0.15, 0.2) is 0 Å². The van der Waals surface area contributed by atoms with E-state index in [-0.39, 0.29) is 48.1 Å². The first kappa shape index (κ1) is 23.4. The second-order valence-corrected chi connectivity index (χ2v) is 7.58.